The van der Waals surface area contributed by atoms with Crippen molar-refractivity contribution in [2.45, 2.75) is 31.8 Å². The highest BCUT2D eigenvalue weighted by molar-refractivity contribution is 5.96. The Morgan fingerprint density at radius 3 is 3.00 bits per heavy atom. The molecule has 0 spiro atoms. The van der Waals surface area contributed by atoms with Crippen molar-refractivity contribution in [2.75, 3.05) is 12.3 Å². The van der Waals surface area contributed by atoms with Gasteiger partial charge < -0.3 is 16.4 Å². The number of aromatic nitrogens is 2. The lowest BCUT2D eigenvalue weighted by molar-refractivity contribution is 0.0921. The summed E-state index contributed by atoms with van der Waals surface area (Å²) in [6.45, 7) is 3.02. The van der Waals surface area contributed by atoms with Crippen molar-refractivity contribution in [1.82, 2.24) is 20.6 Å². The molecular formula is C11H17N5O. The first kappa shape index (κ1) is 11.8. The van der Waals surface area contributed by atoms with Gasteiger partial charge >= 0.3 is 0 Å². The van der Waals surface area contributed by atoms with Crippen LogP contribution in [0.3, 0.4) is 0 Å². The lowest BCUT2D eigenvalue weighted by Crippen LogP contribution is -2.46. The summed E-state index contributed by atoms with van der Waals surface area (Å²) in [6, 6.07) is 0.605. The fourth-order valence-corrected chi connectivity index (χ4v) is 2.04. The van der Waals surface area contributed by atoms with Crippen molar-refractivity contribution >= 4 is 11.7 Å². The van der Waals surface area contributed by atoms with Gasteiger partial charge in [0.15, 0.2) is 11.5 Å². The quantitative estimate of drug-likeness (QED) is 0.667. The second kappa shape index (κ2) is 5.09. The highest BCUT2D eigenvalue weighted by atomic mass is 16.2. The van der Waals surface area contributed by atoms with E-state index in [2.05, 4.69) is 27.5 Å². The molecule has 2 unspecified atom stereocenters. The number of rotatable bonds is 2. The number of hydrogen-bond acceptors (Lipinski definition) is 5. The number of carbonyl (C=O) groups excluding carboxylic acids is 1. The van der Waals surface area contributed by atoms with Crippen LogP contribution in [0.1, 0.15) is 30.3 Å². The van der Waals surface area contributed by atoms with Crippen molar-refractivity contribution in [3.63, 3.8) is 0 Å². The van der Waals surface area contributed by atoms with Gasteiger partial charge in [0, 0.05) is 24.5 Å². The summed E-state index contributed by atoms with van der Waals surface area (Å²) in [6.07, 6.45) is 4.79. The molecule has 1 aliphatic rings. The molecule has 0 aromatic carbocycles. The van der Waals surface area contributed by atoms with Gasteiger partial charge in [0.25, 0.3) is 5.91 Å². The van der Waals surface area contributed by atoms with Crippen molar-refractivity contribution in [3.05, 3.63) is 18.1 Å². The van der Waals surface area contributed by atoms with E-state index in [4.69, 9.17) is 5.73 Å². The van der Waals surface area contributed by atoms with E-state index in [-0.39, 0.29) is 23.5 Å². The minimum atomic E-state index is -0.241. The third-order valence-electron chi connectivity index (χ3n) is 2.90. The molecule has 2 atom stereocenters. The van der Waals surface area contributed by atoms with Gasteiger partial charge in [-0.25, -0.2) is 9.97 Å². The van der Waals surface area contributed by atoms with Crippen LogP contribution in [0.4, 0.5) is 5.82 Å². The molecule has 6 heteroatoms. The van der Waals surface area contributed by atoms with Gasteiger partial charge in [-0.3, -0.25) is 4.79 Å². The molecule has 1 amide bonds. The summed E-state index contributed by atoms with van der Waals surface area (Å²) in [5.74, 6) is -0.0679. The zero-order valence-electron chi connectivity index (χ0n) is 9.81. The van der Waals surface area contributed by atoms with Crippen LogP contribution in [0.15, 0.2) is 12.4 Å². The monoisotopic (exact) mass is 235 g/mol. The Morgan fingerprint density at radius 1 is 1.53 bits per heavy atom. The van der Waals surface area contributed by atoms with E-state index in [0.717, 1.165) is 19.4 Å². The second-order valence-electron chi connectivity index (χ2n) is 4.34. The SMILES string of the molecule is CC1CC(NC(=O)c2nccnc2N)CCN1. The predicted molar refractivity (Wildman–Crippen MR) is 64.4 cm³/mol. The predicted octanol–water partition coefficient (Wildman–Crippen LogP) is -0.0709. The first-order valence-corrected chi connectivity index (χ1v) is 5.77. The maximum atomic E-state index is 11.9. The van der Waals surface area contributed by atoms with E-state index in [0.29, 0.717) is 6.04 Å². The third-order valence-corrected chi connectivity index (χ3v) is 2.90. The molecule has 1 aromatic heterocycles. The Labute approximate surface area is 100 Å². The first-order chi connectivity index (χ1) is 8.16. The number of nitrogens with two attached hydrogens (primary N) is 1. The van der Waals surface area contributed by atoms with Crippen LogP contribution < -0.4 is 16.4 Å². The van der Waals surface area contributed by atoms with Crippen molar-refractivity contribution in [2.24, 2.45) is 0 Å². The van der Waals surface area contributed by atoms with Crippen LogP contribution in [0.5, 0.6) is 0 Å². The molecule has 0 aliphatic carbocycles. The zero-order valence-corrected chi connectivity index (χ0v) is 9.81. The van der Waals surface area contributed by atoms with E-state index < -0.39 is 0 Å². The van der Waals surface area contributed by atoms with Crippen LogP contribution in [0.25, 0.3) is 0 Å². The summed E-state index contributed by atoms with van der Waals surface area (Å²) < 4.78 is 0. The summed E-state index contributed by atoms with van der Waals surface area (Å²) in [5.41, 5.74) is 5.81. The van der Waals surface area contributed by atoms with Crippen LogP contribution in [0.2, 0.25) is 0 Å². The molecule has 1 aromatic rings. The number of carbonyl (C=O) groups is 1. The molecule has 0 bridgehead atoms. The van der Waals surface area contributed by atoms with E-state index in [9.17, 15) is 4.79 Å². The Balaban J connectivity index is 1.99. The fraction of sp³-hybridized carbons (Fsp3) is 0.545. The van der Waals surface area contributed by atoms with Gasteiger partial charge in [0.05, 0.1) is 0 Å². The van der Waals surface area contributed by atoms with Crippen LogP contribution >= 0.6 is 0 Å². The average molecular weight is 235 g/mol. The largest absolute Gasteiger partial charge is 0.382 e. The average Bonchev–Trinajstić information content (AvgIpc) is 2.29. The normalized spacial score (nSPS) is 24.3. The van der Waals surface area contributed by atoms with Crippen molar-refractivity contribution in [3.8, 4) is 0 Å². The minimum absolute atomic E-state index is 0.173. The number of hydrogen-bond donors (Lipinski definition) is 3. The summed E-state index contributed by atoms with van der Waals surface area (Å²) in [5, 5.41) is 6.28. The molecule has 17 heavy (non-hydrogen) atoms. The molecule has 6 nitrogen and oxygen atoms in total. The maximum absolute atomic E-state index is 11.9. The van der Waals surface area contributed by atoms with E-state index >= 15 is 0 Å². The molecule has 4 N–H and O–H groups in total. The lowest BCUT2D eigenvalue weighted by atomic mass is 10.0. The van der Waals surface area contributed by atoms with E-state index in [1.165, 1.54) is 12.4 Å². The van der Waals surface area contributed by atoms with Gasteiger partial charge in [0.2, 0.25) is 0 Å². The maximum Gasteiger partial charge on any atom is 0.273 e. The Bertz CT molecular complexity index is 409. The molecule has 1 saturated heterocycles. The number of amides is 1. The van der Waals surface area contributed by atoms with Gasteiger partial charge in [-0.15, -0.1) is 0 Å². The molecule has 0 saturated carbocycles. The molecule has 0 radical (unpaired) electrons. The molecule has 1 fully saturated rings. The Hall–Kier alpha value is -1.69. The standard InChI is InChI=1S/C11H17N5O/c1-7-6-8(2-3-13-7)16-11(17)9-10(12)15-5-4-14-9/h4-5,7-8,13H,2-3,6H2,1H3,(H2,12,15)(H,16,17). The molecule has 2 rings (SSSR count). The number of nitrogen functional groups attached to an aromatic ring is 1. The van der Waals surface area contributed by atoms with Gasteiger partial charge in [-0.2, -0.15) is 0 Å². The van der Waals surface area contributed by atoms with Crippen LogP contribution in [-0.4, -0.2) is 34.5 Å². The minimum Gasteiger partial charge on any atom is -0.382 e. The number of piperidine rings is 1. The topological polar surface area (TPSA) is 92.9 Å². The third kappa shape index (κ3) is 2.91. The smallest absolute Gasteiger partial charge is 0.273 e. The zero-order chi connectivity index (χ0) is 12.3. The highest BCUT2D eigenvalue weighted by Crippen LogP contribution is 2.10. The lowest BCUT2D eigenvalue weighted by Gasteiger charge is -2.28. The molecule has 92 valence electrons. The summed E-state index contributed by atoms with van der Waals surface area (Å²) >= 11 is 0. The van der Waals surface area contributed by atoms with Gasteiger partial charge in [0.1, 0.15) is 0 Å². The number of anilines is 1. The Kier molecular flexibility index (Phi) is 3.53. The van der Waals surface area contributed by atoms with Crippen molar-refractivity contribution < 1.29 is 4.79 Å². The number of nitrogens with one attached hydrogen (secondary N) is 2. The van der Waals surface area contributed by atoms with E-state index in [1.807, 2.05) is 0 Å². The summed E-state index contributed by atoms with van der Waals surface area (Å²) in [4.78, 5) is 19.7. The highest BCUT2D eigenvalue weighted by Gasteiger charge is 2.21. The van der Waals surface area contributed by atoms with Gasteiger partial charge in [-0.05, 0) is 26.3 Å². The fourth-order valence-electron chi connectivity index (χ4n) is 2.04. The van der Waals surface area contributed by atoms with E-state index in [1.54, 1.807) is 0 Å². The molecular weight excluding hydrogens is 218 g/mol. The van der Waals surface area contributed by atoms with Crippen LogP contribution in [-0.2, 0) is 0 Å². The summed E-state index contributed by atoms with van der Waals surface area (Å²) in [7, 11) is 0. The van der Waals surface area contributed by atoms with Crippen molar-refractivity contribution in [1.29, 1.82) is 0 Å². The van der Waals surface area contributed by atoms with Crippen LogP contribution in [0, 0.1) is 0 Å². The molecule has 2 heterocycles. The first-order valence-electron chi connectivity index (χ1n) is 5.77. The Morgan fingerprint density at radius 2 is 2.29 bits per heavy atom. The second-order valence-corrected chi connectivity index (χ2v) is 4.34. The number of nitrogens with zero attached hydrogens (tertiary/aromatic N) is 2. The molecule has 1 aliphatic heterocycles. The van der Waals surface area contributed by atoms with Gasteiger partial charge in [-0.1, -0.05) is 0 Å².